The molecule has 8 heteroatoms. The summed E-state index contributed by atoms with van der Waals surface area (Å²) in [6, 6.07) is 16.3. The van der Waals surface area contributed by atoms with Crippen molar-refractivity contribution in [2.75, 3.05) is 5.32 Å². The van der Waals surface area contributed by atoms with Gasteiger partial charge in [-0.3, -0.25) is 20.2 Å². The zero-order valence-electron chi connectivity index (χ0n) is 14.9. The van der Waals surface area contributed by atoms with Crippen LogP contribution in [0, 0.1) is 10.1 Å². The molecule has 1 amide bonds. The van der Waals surface area contributed by atoms with Crippen molar-refractivity contribution in [1.29, 1.82) is 0 Å². The Morgan fingerprint density at radius 3 is 2.71 bits per heavy atom. The molecule has 0 aliphatic carbocycles. The first-order chi connectivity index (χ1) is 13.6. The van der Waals surface area contributed by atoms with Gasteiger partial charge in [0.25, 0.3) is 5.69 Å². The molecule has 3 aromatic rings. The Morgan fingerprint density at radius 1 is 1.11 bits per heavy atom. The van der Waals surface area contributed by atoms with Crippen molar-refractivity contribution in [2.24, 2.45) is 0 Å². The fraction of sp³-hybridized carbons (Fsp3) is 0.150. The lowest BCUT2D eigenvalue weighted by Crippen LogP contribution is -2.07. The third kappa shape index (κ3) is 5.82. The van der Waals surface area contributed by atoms with Crippen molar-refractivity contribution < 1.29 is 9.72 Å². The molecular weight excluding hydrogens is 376 g/mol. The van der Waals surface area contributed by atoms with Gasteiger partial charge < -0.3 is 0 Å². The molecule has 28 heavy (non-hydrogen) atoms. The highest BCUT2D eigenvalue weighted by molar-refractivity contribution is 7.15. The highest BCUT2D eigenvalue weighted by Gasteiger charge is 2.07. The molecule has 0 radical (unpaired) electrons. The Bertz CT molecular complexity index is 986. The van der Waals surface area contributed by atoms with Crippen LogP contribution in [0.15, 0.2) is 60.7 Å². The molecule has 0 spiro atoms. The maximum Gasteiger partial charge on any atom is 0.270 e. The molecule has 0 aliphatic heterocycles. The number of carbonyl (C=O) groups is 1. The number of aryl methyl sites for hydroxylation is 2. The number of nitrogens with zero attached hydrogens (tertiary/aromatic N) is 3. The van der Waals surface area contributed by atoms with Crippen LogP contribution in [0.2, 0.25) is 0 Å². The molecule has 1 aromatic heterocycles. The van der Waals surface area contributed by atoms with Crippen LogP contribution in [0.5, 0.6) is 0 Å². The van der Waals surface area contributed by atoms with E-state index in [2.05, 4.69) is 27.6 Å². The Labute approximate surface area is 165 Å². The van der Waals surface area contributed by atoms with E-state index in [4.69, 9.17) is 0 Å². The smallest absolute Gasteiger partial charge is 0.270 e. The molecule has 7 nitrogen and oxygen atoms in total. The van der Waals surface area contributed by atoms with Gasteiger partial charge in [0.15, 0.2) is 0 Å². The van der Waals surface area contributed by atoms with Gasteiger partial charge >= 0.3 is 0 Å². The summed E-state index contributed by atoms with van der Waals surface area (Å²) in [5.74, 6) is -0.363. The summed E-state index contributed by atoms with van der Waals surface area (Å²) in [4.78, 5) is 22.3. The summed E-state index contributed by atoms with van der Waals surface area (Å²) in [5, 5.41) is 22.8. The minimum Gasteiger partial charge on any atom is -0.297 e. The van der Waals surface area contributed by atoms with Crippen LogP contribution < -0.4 is 5.32 Å². The van der Waals surface area contributed by atoms with E-state index in [-0.39, 0.29) is 11.6 Å². The highest BCUT2D eigenvalue weighted by Crippen LogP contribution is 2.18. The lowest BCUT2D eigenvalue weighted by Gasteiger charge is -1.98. The van der Waals surface area contributed by atoms with Gasteiger partial charge in [0.05, 0.1) is 4.92 Å². The third-order valence-corrected chi connectivity index (χ3v) is 4.80. The summed E-state index contributed by atoms with van der Waals surface area (Å²) >= 11 is 1.35. The summed E-state index contributed by atoms with van der Waals surface area (Å²) < 4.78 is 0. The van der Waals surface area contributed by atoms with E-state index in [1.807, 2.05) is 18.2 Å². The number of anilines is 1. The molecule has 1 heterocycles. The van der Waals surface area contributed by atoms with Crippen LogP contribution in [0.25, 0.3) is 6.08 Å². The predicted octanol–water partition coefficient (Wildman–Crippen LogP) is 4.27. The molecule has 0 atom stereocenters. The third-order valence-electron chi connectivity index (χ3n) is 3.90. The number of carbonyl (C=O) groups excluding carboxylic acids is 1. The standard InChI is InChI=1S/C20H18N4O3S/c25-18(13-12-16-9-4-10-17(14-16)24(26)27)21-20-23-22-19(28-20)11-5-8-15-6-2-1-3-7-15/h1-4,6-7,9-10,12-14H,5,8,11H2,(H,21,23,25)/b13-12+. The summed E-state index contributed by atoms with van der Waals surface area (Å²) in [6.45, 7) is 0. The average molecular weight is 394 g/mol. The Balaban J connectivity index is 1.49. The van der Waals surface area contributed by atoms with Crippen LogP contribution in [0.4, 0.5) is 10.8 Å². The number of nitro groups is 1. The molecule has 0 saturated carbocycles. The van der Waals surface area contributed by atoms with E-state index in [0.29, 0.717) is 10.7 Å². The Kier molecular flexibility index (Phi) is 6.59. The molecular formula is C20H18N4O3S. The Morgan fingerprint density at radius 2 is 1.93 bits per heavy atom. The van der Waals surface area contributed by atoms with Gasteiger partial charge in [-0.15, -0.1) is 10.2 Å². The number of amides is 1. The number of nitro benzene ring substituents is 1. The zero-order valence-corrected chi connectivity index (χ0v) is 15.8. The van der Waals surface area contributed by atoms with Gasteiger partial charge in [0, 0.05) is 24.6 Å². The number of non-ortho nitro benzene ring substituents is 1. The van der Waals surface area contributed by atoms with Crippen LogP contribution in [-0.4, -0.2) is 21.0 Å². The second-order valence-electron chi connectivity index (χ2n) is 6.01. The summed E-state index contributed by atoms with van der Waals surface area (Å²) in [5.41, 5.74) is 1.84. The quantitative estimate of drug-likeness (QED) is 0.349. The number of hydrogen-bond donors (Lipinski definition) is 1. The van der Waals surface area contributed by atoms with E-state index in [1.165, 1.54) is 41.2 Å². The van der Waals surface area contributed by atoms with Gasteiger partial charge in [0.2, 0.25) is 11.0 Å². The number of hydrogen-bond acceptors (Lipinski definition) is 6. The lowest BCUT2D eigenvalue weighted by molar-refractivity contribution is -0.384. The van der Waals surface area contributed by atoms with E-state index in [0.717, 1.165) is 24.3 Å². The van der Waals surface area contributed by atoms with Crippen molar-refractivity contribution in [3.8, 4) is 0 Å². The lowest BCUT2D eigenvalue weighted by atomic mass is 10.1. The monoisotopic (exact) mass is 394 g/mol. The van der Waals surface area contributed by atoms with Crippen molar-refractivity contribution in [2.45, 2.75) is 19.3 Å². The first-order valence-electron chi connectivity index (χ1n) is 8.70. The van der Waals surface area contributed by atoms with Crippen LogP contribution in [0.1, 0.15) is 22.6 Å². The molecule has 0 bridgehead atoms. The SMILES string of the molecule is O=C(/C=C/c1cccc([N+](=O)[O-])c1)Nc1nnc(CCCc2ccccc2)s1. The fourth-order valence-electron chi connectivity index (χ4n) is 2.55. The maximum absolute atomic E-state index is 12.0. The highest BCUT2D eigenvalue weighted by atomic mass is 32.1. The van der Waals surface area contributed by atoms with Gasteiger partial charge in [0.1, 0.15) is 5.01 Å². The van der Waals surface area contributed by atoms with Crippen molar-refractivity contribution in [3.05, 3.63) is 86.9 Å². The van der Waals surface area contributed by atoms with E-state index < -0.39 is 4.92 Å². The van der Waals surface area contributed by atoms with E-state index >= 15 is 0 Å². The van der Waals surface area contributed by atoms with Crippen LogP contribution in [-0.2, 0) is 17.6 Å². The number of nitrogens with one attached hydrogen (secondary N) is 1. The van der Waals surface area contributed by atoms with Gasteiger partial charge in [-0.2, -0.15) is 0 Å². The second kappa shape index (κ2) is 9.52. The van der Waals surface area contributed by atoms with Gasteiger partial charge in [-0.25, -0.2) is 0 Å². The van der Waals surface area contributed by atoms with Crippen LogP contribution >= 0.6 is 11.3 Å². The van der Waals surface area contributed by atoms with Crippen molar-refractivity contribution in [1.82, 2.24) is 10.2 Å². The molecule has 142 valence electrons. The Hall–Kier alpha value is -3.39. The van der Waals surface area contributed by atoms with Crippen molar-refractivity contribution in [3.63, 3.8) is 0 Å². The molecule has 0 saturated heterocycles. The molecule has 2 aromatic carbocycles. The fourth-order valence-corrected chi connectivity index (χ4v) is 3.34. The topological polar surface area (TPSA) is 98.0 Å². The van der Waals surface area contributed by atoms with Crippen molar-refractivity contribution >= 4 is 34.1 Å². The molecule has 3 rings (SSSR count). The second-order valence-corrected chi connectivity index (χ2v) is 7.08. The zero-order chi connectivity index (χ0) is 19.8. The molecule has 0 aliphatic rings. The summed E-state index contributed by atoms with van der Waals surface area (Å²) in [7, 11) is 0. The average Bonchev–Trinajstić information content (AvgIpc) is 3.14. The number of rotatable bonds is 8. The van der Waals surface area contributed by atoms with E-state index in [1.54, 1.807) is 12.1 Å². The summed E-state index contributed by atoms with van der Waals surface area (Å²) in [6.07, 6.45) is 5.55. The largest absolute Gasteiger partial charge is 0.297 e. The molecule has 0 unspecified atom stereocenters. The molecule has 0 fully saturated rings. The van der Waals surface area contributed by atoms with Crippen LogP contribution in [0.3, 0.4) is 0 Å². The predicted molar refractivity (Wildman–Crippen MR) is 109 cm³/mol. The van der Waals surface area contributed by atoms with E-state index in [9.17, 15) is 14.9 Å². The molecule has 1 N–H and O–H groups in total. The van der Waals surface area contributed by atoms with Gasteiger partial charge in [-0.05, 0) is 30.0 Å². The van der Waals surface area contributed by atoms with Gasteiger partial charge in [-0.1, -0.05) is 53.8 Å². The minimum atomic E-state index is -0.474. The first-order valence-corrected chi connectivity index (χ1v) is 9.51. The maximum atomic E-state index is 12.0. The first kappa shape index (κ1) is 19.4. The normalized spacial score (nSPS) is 10.9. The number of benzene rings is 2. The minimum absolute atomic E-state index is 0.0215. The number of aromatic nitrogens is 2.